The molecule has 0 radical (unpaired) electrons. The van der Waals surface area contributed by atoms with Crippen molar-refractivity contribution < 1.29 is 4.79 Å². The number of halogens is 1. The Kier molecular flexibility index (Phi) is 5.45. The van der Waals surface area contributed by atoms with Crippen LogP contribution in [0.2, 0.25) is 0 Å². The van der Waals surface area contributed by atoms with E-state index in [2.05, 4.69) is 47.7 Å². The first-order chi connectivity index (χ1) is 11.5. The zero-order chi connectivity index (χ0) is 17.1. The van der Waals surface area contributed by atoms with Crippen LogP contribution in [0.15, 0.2) is 22.0 Å². The van der Waals surface area contributed by atoms with E-state index in [1.165, 1.54) is 0 Å². The number of H-pyrrole nitrogens is 1. The summed E-state index contributed by atoms with van der Waals surface area (Å²) in [5.41, 5.74) is 1.07. The molecule has 0 aliphatic carbocycles. The highest BCUT2D eigenvalue weighted by Gasteiger charge is 2.22. The fourth-order valence-corrected chi connectivity index (χ4v) is 4.30. The molecule has 2 amide bonds. The van der Waals surface area contributed by atoms with E-state index in [0.29, 0.717) is 0 Å². The molecule has 2 aromatic heterocycles. The number of carbonyl (C=O) groups is 1. The number of aromatic nitrogens is 2. The molecule has 1 saturated heterocycles. The Bertz CT molecular complexity index is 692. The van der Waals surface area contributed by atoms with Crippen LogP contribution in [-0.2, 0) is 0 Å². The quantitative estimate of drug-likeness (QED) is 0.719. The van der Waals surface area contributed by atoms with Gasteiger partial charge in [-0.05, 0) is 54.8 Å². The lowest BCUT2D eigenvalue weighted by molar-refractivity contribution is 0.231. The van der Waals surface area contributed by atoms with Crippen LogP contribution in [0.5, 0.6) is 0 Å². The Morgan fingerprint density at radius 1 is 1.46 bits per heavy atom. The second-order valence-corrected chi connectivity index (χ2v) is 8.65. The molecule has 1 fully saturated rings. The van der Waals surface area contributed by atoms with E-state index in [-0.39, 0.29) is 18.1 Å². The van der Waals surface area contributed by atoms with Gasteiger partial charge in [0.1, 0.15) is 0 Å². The number of urea groups is 1. The number of rotatable bonds is 4. The summed E-state index contributed by atoms with van der Waals surface area (Å²) in [5.74, 6) is 0.993. The summed E-state index contributed by atoms with van der Waals surface area (Å²) < 4.78 is 1.08. The van der Waals surface area contributed by atoms with Crippen molar-refractivity contribution in [2.75, 3.05) is 18.0 Å². The first kappa shape index (κ1) is 17.3. The van der Waals surface area contributed by atoms with Gasteiger partial charge in [-0.1, -0.05) is 0 Å². The van der Waals surface area contributed by atoms with Crippen LogP contribution in [0.4, 0.5) is 10.6 Å². The van der Waals surface area contributed by atoms with Crippen LogP contribution in [0.1, 0.15) is 36.4 Å². The lowest BCUT2D eigenvalue weighted by atomic mass is 10.1. The number of aromatic amines is 1. The van der Waals surface area contributed by atoms with Gasteiger partial charge in [-0.2, -0.15) is 5.10 Å². The zero-order valence-corrected chi connectivity index (χ0v) is 16.2. The van der Waals surface area contributed by atoms with Crippen LogP contribution in [0.25, 0.3) is 0 Å². The smallest absolute Gasteiger partial charge is 0.315 e. The summed E-state index contributed by atoms with van der Waals surface area (Å²) in [7, 11) is 0. The normalized spacial score (nSPS) is 16.9. The minimum absolute atomic E-state index is 0.00780. The number of nitrogens with zero attached hydrogens (tertiary/aromatic N) is 2. The van der Waals surface area contributed by atoms with Crippen molar-refractivity contribution >= 4 is 39.1 Å². The molecule has 3 heterocycles. The number of hydrogen-bond donors (Lipinski definition) is 3. The number of amides is 2. The molecule has 0 saturated carbocycles. The van der Waals surface area contributed by atoms with Gasteiger partial charge in [0.15, 0.2) is 5.82 Å². The Morgan fingerprint density at radius 2 is 2.21 bits per heavy atom. The van der Waals surface area contributed by atoms with Crippen molar-refractivity contribution in [1.29, 1.82) is 0 Å². The maximum absolute atomic E-state index is 12.2. The number of piperidine rings is 1. The highest BCUT2D eigenvalue weighted by atomic mass is 79.9. The minimum Gasteiger partial charge on any atom is -0.355 e. The summed E-state index contributed by atoms with van der Waals surface area (Å²) in [5, 5.41) is 13.4. The third kappa shape index (κ3) is 4.30. The fourth-order valence-electron chi connectivity index (χ4n) is 2.87. The predicted octanol–water partition coefficient (Wildman–Crippen LogP) is 3.57. The molecule has 130 valence electrons. The SMILES string of the molecule is Cc1cc(N2CCC(NC(=O)NC(C)c3ccc(Br)s3)CC2)n[nH]1. The summed E-state index contributed by atoms with van der Waals surface area (Å²) >= 11 is 5.09. The molecule has 1 aliphatic rings. The van der Waals surface area contributed by atoms with Crippen LogP contribution in [0, 0.1) is 6.92 Å². The molecule has 3 rings (SSSR count). The van der Waals surface area contributed by atoms with E-state index in [4.69, 9.17) is 0 Å². The summed E-state index contributed by atoms with van der Waals surface area (Å²) in [6.45, 7) is 5.81. The maximum Gasteiger partial charge on any atom is 0.315 e. The lowest BCUT2D eigenvalue weighted by Crippen LogP contribution is -2.48. The molecule has 1 aliphatic heterocycles. The Hall–Kier alpha value is -1.54. The van der Waals surface area contributed by atoms with Crippen molar-refractivity contribution in [2.24, 2.45) is 0 Å². The standard InChI is InChI=1S/C16H22BrN5OS/c1-10-9-15(21-20-10)22-7-5-12(6-8-22)19-16(23)18-11(2)13-3-4-14(17)24-13/h3-4,9,11-12H,5-8H2,1-2H3,(H,20,21)(H2,18,19,23). The minimum atomic E-state index is -0.0962. The third-order valence-electron chi connectivity index (χ3n) is 4.21. The van der Waals surface area contributed by atoms with Gasteiger partial charge in [0.2, 0.25) is 0 Å². The second kappa shape index (κ2) is 7.57. The molecule has 1 unspecified atom stereocenters. The Balaban J connectivity index is 1.44. The van der Waals surface area contributed by atoms with E-state index >= 15 is 0 Å². The Morgan fingerprint density at radius 3 is 2.79 bits per heavy atom. The number of carbonyl (C=O) groups excluding carboxylic acids is 1. The molecule has 0 aromatic carbocycles. The predicted molar refractivity (Wildman–Crippen MR) is 101 cm³/mol. The van der Waals surface area contributed by atoms with Gasteiger partial charge in [0.05, 0.1) is 9.83 Å². The van der Waals surface area contributed by atoms with Gasteiger partial charge in [0, 0.05) is 35.8 Å². The van der Waals surface area contributed by atoms with Gasteiger partial charge in [-0.3, -0.25) is 5.10 Å². The van der Waals surface area contributed by atoms with Gasteiger partial charge < -0.3 is 15.5 Å². The molecule has 8 heteroatoms. The van der Waals surface area contributed by atoms with Gasteiger partial charge in [-0.15, -0.1) is 11.3 Å². The number of anilines is 1. The fraction of sp³-hybridized carbons (Fsp3) is 0.500. The molecule has 3 N–H and O–H groups in total. The van der Waals surface area contributed by atoms with E-state index in [9.17, 15) is 4.79 Å². The van der Waals surface area contributed by atoms with E-state index in [1.807, 2.05) is 26.0 Å². The number of thiophene rings is 1. The molecule has 6 nitrogen and oxygen atoms in total. The first-order valence-electron chi connectivity index (χ1n) is 8.10. The van der Waals surface area contributed by atoms with Crippen molar-refractivity contribution in [2.45, 2.75) is 38.8 Å². The van der Waals surface area contributed by atoms with E-state index in [0.717, 1.165) is 46.1 Å². The van der Waals surface area contributed by atoms with Gasteiger partial charge in [0.25, 0.3) is 0 Å². The topological polar surface area (TPSA) is 73.1 Å². The van der Waals surface area contributed by atoms with Crippen molar-refractivity contribution in [3.63, 3.8) is 0 Å². The Labute approximate surface area is 154 Å². The van der Waals surface area contributed by atoms with Crippen molar-refractivity contribution in [1.82, 2.24) is 20.8 Å². The second-order valence-electron chi connectivity index (χ2n) is 6.15. The molecular formula is C16H22BrN5OS. The van der Waals surface area contributed by atoms with Crippen LogP contribution < -0.4 is 15.5 Å². The van der Waals surface area contributed by atoms with Gasteiger partial charge in [-0.25, -0.2) is 4.79 Å². The summed E-state index contributed by atoms with van der Waals surface area (Å²) in [4.78, 5) is 15.6. The molecule has 2 aromatic rings. The average molecular weight is 412 g/mol. The molecule has 1 atom stereocenters. The van der Waals surface area contributed by atoms with E-state index < -0.39 is 0 Å². The number of hydrogen-bond acceptors (Lipinski definition) is 4. The van der Waals surface area contributed by atoms with Gasteiger partial charge >= 0.3 is 6.03 Å². The van der Waals surface area contributed by atoms with E-state index in [1.54, 1.807) is 11.3 Å². The third-order valence-corrected chi connectivity index (χ3v) is 6.02. The average Bonchev–Trinajstić information content (AvgIpc) is 3.16. The highest BCUT2D eigenvalue weighted by molar-refractivity contribution is 9.11. The number of nitrogens with one attached hydrogen (secondary N) is 3. The maximum atomic E-state index is 12.2. The number of aryl methyl sites for hydroxylation is 1. The molecule has 24 heavy (non-hydrogen) atoms. The summed E-state index contributed by atoms with van der Waals surface area (Å²) in [6.07, 6.45) is 1.86. The highest BCUT2D eigenvalue weighted by Crippen LogP contribution is 2.27. The lowest BCUT2D eigenvalue weighted by Gasteiger charge is -2.32. The molecule has 0 bridgehead atoms. The molecule has 0 spiro atoms. The zero-order valence-electron chi connectivity index (χ0n) is 13.8. The largest absolute Gasteiger partial charge is 0.355 e. The van der Waals surface area contributed by atoms with Crippen molar-refractivity contribution in [3.8, 4) is 0 Å². The van der Waals surface area contributed by atoms with Crippen molar-refractivity contribution in [3.05, 3.63) is 32.6 Å². The van der Waals surface area contributed by atoms with Crippen LogP contribution >= 0.6 is 27.3 Å². The first-order valence-corrected chi connectivity index (χ1v) is 9.71. The monoisotopic (exact) mass is 411 g/mol. The summed E-state index contributed by atoms with van der Waals surface area (Å²) in [6, 6.07) is 6.21. The van der Waals surface area contributed by atoms with Crippen LogP contribution in [0.3, 0.4) is 0 Å². The molecular weight excluding hydrogens is 390 g/mol. The van der Waals surface area contributed by atoms with Crippen LogP contribution in [-0.4, -0.2) is 35.4 Å².